The van der Waals surface area contributed by atoms with Crippen LogP contribution in [-0.4, -0.2) is 33.9 Å². The number of nitrogens with two attached hydrogens (primary N) is 1. The van der Waals surface area contributed by atoms with E-state index in [0.717, 1.165) is 36.2 Å². The summed E-state index contributed by atoms with van der Waals surface area (Å²) in [5.41, 5.74) is 8.53. The number of allylic oxidation sites excluding steroid dienone is 2. The summed E-state index contributed by atoms with van der Waals surface area (Å²) in [5, 5.41) is 0. The van der Waals surface area contributed by atoms with Gasteiger partial charge in [-0.05, 0) is 48.4 Å². The van der Waals surface area contributed by atoms with Crippen molar-refractivity contribution in [3.8, 4) is 17.2 Å². The molecule has 30 heavy (non-hydrogen) atoms. The number of esters is 1. The molecule has 0 amide bonds. The zero-order chi connectivity index (χ0) is 22.1. The Hall–Kier alpha value is -2.83. The number of hydrogen-bond acceptors (Lipinski definition) is 7. The van der Waals surface area contributed by atoms with Crippen molar-refractivity contribution in [2.24, 2.45) is 11.1 Å². The maximum absolute atomic E-state index is 12.9. The summed E-state index contributed by atoms with van der Waals surface area (Å²) >= 11 is 0. The fourth-order valence-corrected chi connectivity index (χ4v) is 4.22. The highest BCUT2D eigenvalue weighted by Gasteiger charge is 2.41. The van der Waals surface area contributed by atoms with Gasteiger partial charge in [0.1, 0.15) is 11.3 Å². The van der Waals surface area contributed by atoms with Gasteiger partial charge in [-0.3, -0.25) is 0 Å². The van der Waals surface area contributed by atoms with E-state index in [2.05, 4.69) is 13.8 Å². The largest absolute Gasteiger partial charge is 0.493 e. The van der Waals surface area contributed by atoms with Crippen molar-refractivity contribution >= 4 is 5.97 Å². The molecule has 2 N–H and O–H groups in total. The van der Waals surface area contributed by atoms with Gasteiger partial charge in [0, 0.05) is 12.3 Å². The molecule has 0 radical (unpaired) electrons. The standard InChI is InChI=1S/C23H31NO6/c1-7-29-22(25)19-18(13-10-15(26-4)20(28-6)16(11-13)27-5)14-8-9-23(2,3)12-17(14)30-21(19)24/h10-11,18H,7-9,12,24H2,1-6H3/t18-/m1/s1. The normalized spacial score (nSPS) is 20.3. The van der Waals surface area contributed by atoms with Crippen LogP contribution in [0.4, 0.5) is 0 Å². The smallest absolute Gasteiger partial charge is 0.340 e. The number of hydrogen-bond donors (Lipinski definition) is 1. The average Bonchev–Trinajstić information content (AvgIpc) is 2.70. The molecule has 1 atom stereocenters. The third-order valence-corrected chi connectivity index (χ3v) is 5.72. The summed E-state index contributed by atoms with van der Waals surface area (Å²) in [6.07, 6.45) is 2.52. The van der Waals surface area contributed by atoms with Gasteiger partial charge in [-0.25, -0.2) is 4.79 Å². The van der Waals surface area contributed by atoms with E-state index in [9.17, 15) is 4.79 Å². The second kappa shape index (κ2) is 8.50. The Kier molecular flexibility index (Phi) is 6.19. The molecule has 0 saturated heterocycles. The van der Waals surface area contributed by atoms with Crippen LogP contribution in [0.1, 0.15) is 51.5 Å². The van der Waals surface area contributed by atoms with Gasteiger partial charge < -0.3 is 29.4 Å². The predicted molar refractivity (Wildman–Crippen MR) is 112 cm³/mol. The van der Waals surface area contributed by atoms with Crippen molar-refractivity contribution in [2.45, 2.75) is 46.0 Å². The van der Waals surface area contributed by atoms with Crippen LogP contribution in [0, 0.1) is 5.41 Å². The summed E-state index contributed by atoms with van der Waals surface area (Å²) < 4.78 is 27.8. The lowest BCUT2D eigenvalue weighted by atomic mass is 9.70. The Morgan fingerprint density at radius 3 is 2.33 bits per heavy atom. The Bertz CT molecular complexity index is 874. The number of ether oxygens (including phenoxy) is 5. The molecule has 164 valence electrons. The van der Waals surface area contributed by atoms with Gasteiger partial charge >= 0.3 is 5.97 Å². The van der Waals surface area contributed by atoms with E-state index < -0.39 is 11.9 Å². The third kappa shape index (κ3) is 3.93. The van der Waals surface area contributed by atoms with Crippen molar-refractivity contribution in [1.29, 1.82) is 0 Å². The molecule has 0 spiro atoms. The number of carbonyl (C=O) groups excluding carboxylic acids is 1. The molecule has 1 aromatic rings. The van der Waals surface area contributed by atoms with Gasteiger partial charge in [0.25, 0.3) is 0 Å². The molecule has 1 aliphatic heterocycles. The van der Waals surface area contributed by atoms with Gasteiger partial charge in [-0.15, -0.1) is 0 Å². The monoisotopic (exact) mass is 417 g/mol. The van der Waals surface area contributed by atoms with Gasteiger partial charge in [0.15, 0.2) is 11.5 Å². The zero-order valence-corrected chi connectivity index (χ0v) is 18.6. The van der Waals surface area contributed by atoms with Crippen LogP contribution in [0.2, 0.25) is 0 Å². The minimum Gasteiger partial charge on any atom is -0.493 e. The van der Waals surface area contributed by atoms with Crippen LogP contribution in [0.25, 0.3) is 0 Å². The summed E-state index contributed by atoms with van der Waals surface area (Å²) in [6, 6.07) is 3.71. The lowest BCUT2D eigenvalue weighted by Gasteiger charge is -2.39. The summed E-state index contributed by atoms with van der Waals surface area (Å²) in [7, 11) is 4.69. The van der Waals surface area contributed by atoms with Gasteiger partial charge in [-0.2, -0.15) is 0 Å². The molecular weight excluding hydrogens is 386 g/mol. The van der Waals surface area contributed by atoms with Crippen molar-refractivity contribution in [1.82, 2.24) is 0 Å². The second-order valence-corrected chi connectivity index (χ2v) is 8.28. The van der Waals surface area contributed by atoms with E-state index in [1.807, 2.05) is 12.1 Å². The summed E-state index contributed by atoms with van der Waals surface area (Å²) in [6.45, 7) is 6.42. The van der Waals surface area contributed by atoms with E-state index in [4.69, 9.17) is 29.4 Å². The highest BCUT2D eigenvalue weighted by Crippen LogP contribution is 2.51. The molecule has 0 aromatic heterocycles. The minimum absolute atomic E-state index is 0.0867. The number of benzene rings is 1. The van der Waals surface area contributed by atoms with Crippen LogP contribution in [-0.2, 0) is 14.3 Å². The van der Waals surface area contributed by atoms with Gasteiger partial charge in [0.2, 0.25) is 11.6 Å². The molecule has 1 heterocycles. The molecule has 1 aromatic carbocycles. The fraction of sp³-hybridized carbons (Fsp3) is 0.522. The number of carbonyl (C=O) groups is 1. The molecule has 0 fully saturated rings. The molecular formula is C23H31NO6. The van der Waals surface area contributed by atoms with Crippen LogP contribution in [0.3, 0.4) is 0 Å². The van der Waals surface area contributed by atoms with E-state index in [1.54, 1.807) is 28.3 Å². The fourth-order valence-electron chi connectivity index (χ4n) is 4.22. The summed E-state index contributed by atoms with van der Waals surface area (Å²) in [5.74, 6) is 1.54. The molecule has 1 aliphatic carbocycles. The molecule has 0 unspecified atom stereocenters. The van der Waals surface area contributed by atoms with E-state index in [0.29, 0.717) is 22.8 Å². The van der Waals surface area contributed by atoms with Crippen molar-refractivity contribution in [2.75, 3.05) is 27.9 Å². The van der Waals surface area contributed by atoms with Crippen molar-refractivity contribution in [3.05, 3.63) is 40.5 Å². The SMILES string of the molecule is CCOC(=O)C1=C(N)OC2=C(CCC(C)(C)C2)[C@H]1c1cc(OC)c(OC)c(OC)c1. The van der Waals surface area contributed by atoms with E-state index in [1.165, 1.54) is 0 Å². The van der Waals surface area contributed by atoms with Crippen LogP contribution in [0.5, 0.6) is 17.2 Å². The highest BCUT2D eigenvalue weighted by molar-refractivity contribution is 5.92. The number of rotatable bonds is 6. The highest BCUT2D eigenvalue weighted by atomic mass is 16.5. The van der Waals surface area contributed by atoms with Crippen LogP contribution >= 0.6 is 0 Å². The lowest BCUT2D eigenvalue weighted by molar-refractivity contribution is -0.139. The predicted octanol–water partition coefficient (Wildman–Crippen LogP) is 4.02. The Morgan fingerprint density at radius 1 is 1.17 bits per heavy atom. The molecule has 2 aliphatic rings. The molecule has 7 nitrogen and oxygen atoms in total. The topological polar surface area (TPSA) is 89.2 Å². The minimum atomic E-state index is -0.481. The van der Waals surface area contributed by atoms with Crippen LogP contribution < -0.4 is 19.9 Å². The van der Waals surface area contributed by atoms with Crippen molar-refractivity contribution in [3.63, 3.8) is 0 Å². The zero-order valence-electron chi connectivity index (χ0n) is 18.6. The first kappa shape index (κ1) is 21.9. The van der Waals surface area contributed by atoms with Gasteiger partial charge in [0.05, 0.1) is 27.9 Å². The van der Waals surface area contributed by atoms with Crippen molar-refractivity contribution < 1.29 is 28.5 Å². The van der Waals surface area contributed by atoms with Gasteiger partial charge in [-0.1, -0.05) is 13.8 Å². The first-order valence-corrected chi connectivity index (χ1v) is 10.1. The quantitative estimate of drug-likeness (QED) is 0.699. The maximum atomic E-state index is 12.9. The number of methoxy groups -OCH3 is 3. The molecule has 0 saturated carbocycles. The molecule has 0 bridgehead atoms. The summed E-state index contributed by atoms with van der Waals surface area (Å²) in [4.78, 5) is 12.9. The molecule has 3 rings (SSSR count). The first-order valence-electron chi connectivity index (χ1n) is 10.1. The Morgan fingerprint density at radius 2 is 1.80 bits per heavy atom. The van der Waals surface area contributed by atoms with E-state index >= 15 is 0 Å². The Balaban J connectivity index is 2.21. The lowest BCUT2D eigenvalue weighted by Crippen LogP contribution is -2.31. The maximum Gasteiger partial charge on any atom is 0.340 e. The second-order valence-electron chi connectivity index (χ2n) is 8.28. The first-order chi connectivity index (χ1) is 14.3. The van der Waals surface area contributed by atoms with E-state index in [-0.39, 0.29) is 17.9 Å². The van der Waals surface area contributed by atoms with Crippen LogP contribution in [0.15, 0.2) is 34.9 Å². The molecule has 7 heteroatoms. The Labute approximate surface area is 177 Å². The third-order valence-electron chi connectivity index (χ3n) is 5.72. The average molecular weight is 418 g/mol.